The second-order valence-corrected chi connectivity index (χ2v) is 4.69. The molecule has 1 aromatic heterocycles. The van der Waals surface area contributed by atoms with Crippen LogP contribution in [0.1, 0.15) is 24.6 Å². The summed E-state index contributed by atoms with van der Waals surface area (Å²) >= 11 is 0. The molecule has 19 heavy (non-hydrogen) atoms. The fourth-order valence-electron chi connectivity index (χ4n) is 1.83. The molecule has 2 N–H and O–H groups in total. The average molecular weight is 260 g/mol. The number of nitrogens with two attached hydrogens (primary N) is 1. The number of aryl methyl sites for hydroxylation is 1. The minimum absolute atomic E-state index is 0.204. The van der Waals surface area contributed by atoms with Crippen LogP contribution in [0.4, 0.5) is 0 Å². The number of benzene rings is 1. The summed E-state index contributed by atoms with van der Waals surface area (Å²) < 4.78 is 7.37. The summed E-state index contributed by atoms with van der Waals surface area (Å²) in [5, 5.41) is 7.85. The summed E-state index contributed by atoms with van der Waals surface area (Å²) in [4.78, 5) is 0. The van der Waals surface area contributed by atoms with E-state index in [1.807, 2.05) is 31.4 Å². The van der Waals surface area contributed by atoms with Crippen molar-refractivity contribution in [3.8, 4) is 5.75 Å². The van der Waals surface area contributed by atoms with Gasteiger partial charge in [-0.3, -0.25) is 4.68 Å². The molecule has 0 saturated heterocycles. The van der Waals surface area contributed by atoms with Gasteiger partial charge in [0.1, 0.15) is 18.1 Å². The van der Waals surface area contributed by atoms with Crippen molar-refractivity contribution in [2.45, 2.75) is 32.4 Å². The van der Waals surface area contributed by atoms with Crippen molar-refractivity contribution >= 4 is 0 Å². The van der Waals surface area contributed by atoms with Crippen LogP contribution in [0.3, 0.4) is 0 Å². The molecule has 2 aromatic rings. The van der Waals surface area contributed by atoms with Gasteiger partial charge in [-0.15, -0.1) is 5.10 Å². The van der Waals surface area contributed by atoms with Crippen LogP contribution in [0.5, 0.6) is 5.75 Å². The fourth-order valence-corrected chi connectivity index (χ4v) is 1.83. The Morgan fingerprint density at radius 1 is 1.42 bits per heavy atom. The molecule has 2 rings (SSSR count). The Balaban J connectivity index is 1.95. The van der Waals surface area contributed by atoms with E-state index in [-0.39, 0.29) is 6.04 Å². The lowest BCUT2D eigenvalue weighted by atomic mass is 10.0. The molecule has 5 nitrogen and oxygen atoms in total. The van der Waals surface area contributed by atoms with Gasteiger partial charge in [-0.2, -0.15) is 0 Å². The van der Waals surface area contributed by atoms with E-state index in [1.54, 1.807) is 4.68 Å². The van der Waals surface area contributed by atoms with Crippen LogP contribution in [-0.2, 0) is 20.1 Å². The number of hydrogen-bond acceptors (Lipinski definition) is 4. The zero-order chi connectivity index (χ0) is 13.7. The summed E-state index contributed by atoms with van der Waals surface area (Å²) in [6.45, 7) is 2.52. The Morgan fingerprint density at radius 2 is 2.26 bits per heavy atom. The lowest BCUT2D eigenvalue weighted by Crippen LogP contribution is -2.21. The molecule has 0 amide bonds. The zero-order valence-electron chi connectivity index (χ0n) is 11.4. The molecule has 0 spiro atoms. The molecule has 0 fully saturated rings. The Hall–Kier alpha value is -1.88. The maximum atomic E-state index is 5.96. The number of ether oxygens (including phenoxy) is 1. The first-order chi connectivity index (χ1) is 9.17. The summed E-state index contributed by atoms with van der Waals surface area (Å²) in [5.74, 6) is 0.839. The Labute approximate surface area is 113 Å². The van der Waals surface area contributed by atoms with Crippen molar-refractivity contribution in [3.63, 3.8) is 0 Å². The van der Waals surface area contributed by atoms with Crippen molar-refractivity contribution < 1.29 is 4.74 Å². The first kappa shape index (κ1) is 13.5. The maximum absolute atomic E-state index is 5.96. The minimum atomic E-state index is 0.204. The molecule has 1 aromatic carbocycles. The third-order valence-corrected chi connectivity index (χ3v) is 2.96. The van der Waals surface area contributed by atoms with Gasteiger partial charge in [-0.1, -0.05) is 24.3 Å². The van der Waals surface area contributed by atoms with Crippen molar-refractivity contribution in [3.05, 3.63) is 41.7 Å². The van der Waals surface area contributed by atoms with Crippen molar-refractivity contribution in [1.82, 2.24) is 15.0 Å². The second kappa shape index (κ2) is 6.33. The molecule has 102 valence electrons. The quantitative estimate of drug-likeness (QED) is 0.858. The number of nitrogens with zero attached hydrogens (tertiary/aromatic N) is 3. The monoisotopic (exact) mass is 260 g/mol. The van der Waals surface area contributed by atoms with E-state index in [2.05, 4.69) is 23.3 Å². The lowest BCUT2D eigenvalue weighted by molar-refractivity contribution is 0.301. The van der Waals surface area contributed by atoms with Crippen LogP contribution in [0.15, 0.2) is 30.5 Å². The van der Waals surface area contributed by atoms with Gasteiger partial charge in [0, 0.05) is 13.1 Å². The van der Waals surface area contributed by atoms with E-state index in [0.717, 1.165) is 24.3 Å². The topological polar surface area (TPSA) is 66.0 Å². The van der Waals surface area contributed by atoms with Gasteiger partial charge in [0.05, 0.1) is 6.20 Å². The van der Waals surface area contributed by atoms with Crippen LogP contribution in [0, 0.1) is 0 Å². The molecular weight excluding hydrogens is 240 g/mol. The zero-order valence-corrected chi connectivity index (χ0v) is 11.4. The predicted octanol–water partition coefficient (Wildman–Crippen LogP) is 1.67. The standard InChI is InChI=1S/C14H20N4O/c1-3-12(15)7-11-5-4-6-14(8-11)19-10-13-9-18(2)17-16-13/h4-6,8-9,12H,3,7,10,15H2,1-2H3. The summed E-state index contributed by atoms with van der Waals surface area (Å²) in [6.07, 6.45) is 3.69. The Morgan fingerprint density at radius 3 is 2.95 bits per heavy atom. The second-order valence-electron chi connectivity index (χ2n) is 4.69. The third-order valence-electron chi connectivity index (χ3n) is 2.96. The van der Waals surface area contributed by atoms with Crippen LogP contribution < -0.4 is 10.5 Å². The molecule has 0 aliphatic carbocycles. The van der Waals surface area contributed by atoms with Crippen LogP contribution in [-0.4, -0.2) is 21.0 Å². The van der Waals surface area contributed by atoms with E-state index >= 15 is 0 Å². The SMILES string of the molecule is CCC(N)Cc1cccc(OCc2cn(C)nn2)c1. The minimum Gasteiger partial charge on any atom is -0.487 e. The maximum Gasteiger partial charge on any atom is 0.134 e. The molecule has 0 bridgehead atoms. The van der Waals surface area contributed by atoms with E-state index in [9.17, 15) is 0 Å². The molecule has 0 aliphatic heterocycles. The van der Waals surface area contributed by atoms with E-state index in [4.69, 9.17) is 10.5 Å². The van der Waals surface area contributed by atoms with Crippen LogP contribution >= 0.6 is 0 Å². The van der Waals surface area contributed by atoms with Gasteiger partial charge in [0.25, 0.3) is 0 Å². The molecular formula is C14H20N4O. The van der Waals surface area contributed by atoms with E-state index in [1.165, 1.54) is 5.56 Å². The molecule has 1 unspecified atom stereocenters. The predicted molar refractivity (Wildman–Crippen MR) is 73.7 cm³/mol. The third kappa shape index (κ3) is 4.06. The van der Waals surface area contributed by atoms with Crippen molar-refractivity contribution in [1.29, 1.82) is 0 Å². The normalized spacial score (nSPS) is 12.4. The van der Waals surface area contributed by atoms with Crippen molar-refractivity contribution in [2.75, 3.05) is 0 Å². The van der Waals surface area contributed by atoms with Gasteiger partial charge in [0.2, 0.25) is 0 Å². The highest BCUT2D eigenvalue weighted by Gasteiger charge is 2.04. The smallest absolute Gasteiger partial charge is 0.134 e. The highest BCUT2D eigenvalue weighted by atomic mass is 16.5. The fraction of sp³-hybridized carbons (Fsp3) is 0.429. The van der Waals surface area contributed by atoms with Crippen LogP contribution in [0.25, 0.3) is 0 Å². The summed E-state index contributed by atoms with van der Waals surface area (Å²) in [5.41, 5.74) is 7.98. The number of rotatable bonds is 6. The highest BCUT2D eigenvalue weighted by molar-refractivity contribution is 5.29. The highest BCUT2D eigenvalue weighted by Crippen LogP contribution is 2.16. The molecule has 0 radical (unpaired) electrons. The number of hydrogen-bond donors (Lipinski definition) is 1. The molecule has 0 aliphatic rings. The first-order valence-electron chi connectivity index (χ1n) is 6.50. The van der Waals surface area contributed by atoms with E-state index < -0.39 is 0 Å². The Bertz CT molecular complexity index is 524. The summed E-state index contributed by atoms with van der Waals surface area (Å²) in [7, 11) is 1.84. The molecule has 0 saturated carbocycles. The molecule has 1 atom stereocenters. The van der Waals surface area contributed by atoms with Crippen LogP contribution in [0.2, 0.25) is 0 Å². The Kier molecular flexibility index (Phi) is 4.52. The van der Waals surface area contributed by atoms with Gasteiger partial charge in [0.15, 0.2) is 0 Å². The molecule has 1 heterocycles. The van der Waals surface area contributed by atoms with Gasteiger partial charge in [-0.25, -0.2) is 0 Å². The number of aromatic nitrogens is 3. The summed E-state index contributed by atoms with van der Waals surface area (Å²) in [6, 6.07) is 8.24. The van der Waals surface area contributed by atoms with E-state index in [0.29, 0.717) is 6.61 Å². The lowest BCUT2D eigenvalue weighted by Gasteiger charge is -2.10. The first-order valence-corrected chi connectivity index (χ1v) is 6.50. The van der Waals surface area contributed by atoms with Gasteiger partial charge >= 0.3 is 0 Å². The van der Waals surface area contributed by atoms with Crippen molar-refractivity contribution in [2.24, 2.45) is 12.8 Å². The average Bonchev–Trinajstić information content (AvgIpc) is 2.82. The largest absolute Gasteiger partial charge is 0.487 e. The van der Waals surface area contributed by atoms with Gasteiger partial charge < -0.3 is 10.5 Å². The van der Waals surface area contributed by atoms with Gasteiger partial charge in [-0.05, 0) is 30.5 Å². The molecule has 5 heteroatoms.